The number of methoxy groups -OCH3 is 1. The summed E-state index contributed by atoms with van der Waals surface area (Å²) >= 11 is 1.13. The molecule has 14 heavy (non-hydrogen) atoms. The lowest BCUT2D eigenvalue weighted by molar-refractivity contribution is -0.151. The minimum atomic E-state index is -0.997. The number of Topliss-reactive ketones (excluding diaryl/α,β-unsaturated/α-hetero) is 2. The van der Waals surface area contributed by atoms with E-state index < -0.39 is 24.0 Å². The first kappa shape index (κ1) is 10.5. The van der Waals surface area contributed by atoms with Crippen LogP contribution in [0.1, 0.15) is 16.1 Å². The second-order valence-electron chi connectivity index (χ2n) is 2.38. The SMILES string of the molecule is COC(=O)C(=O)CC(=O)c1cncs1. The third-order valence-corrected chi connectivity index (χ3v) is 2.26. The maximum Gasteiger partial charge on any atom is 0.374 e. The van der Waals surface area contributed by atoms with Crippen LogP contribution in [0.3, 0.4) is 0 Å². The number of ether oxygens (including phenoxy) is 1. The second kappa shape index (κ2) is 4.61. The summed E-state index contributed by atoms with van der Waals surface area (Å²) < 4.78 is 4.18. The van der Waals surface area contributed by atoms with E-state index in [4.69, 9.17) is 0 Å². The maximum absolute atomic E-state index is 11.3. The maximum atomic E-state index is 11.3. The number of carbonyl (C=O) groups is 3. The first-order chi connectivity index (χ1) is 6.65. The summed E-state index contributed by atoms with van der Waals surface area (Å²) in [5.41, 5.74) is 1.48. The smallest absolute Gasteiger partial charge is 0.374 e. The van der Waals surface area contributed by atoms with E-state index in [0.717, 1.165) is 18.4 Å². The Balaban J connectivity index is 2.58. The number of nitrogens with zero attached hydrogens (tertiary/aromatic N) is 1. The summed E-state index contributed by atoms with van der Waals surface area (Å²) in [5, 5.41) is 0. The second-order valence-corrected chi connectivity index (χ2v) is 3.27. The van der Waals surface area contributed by atoms with Gasteiger partial charge in [-0.3, -0.25) is 14.6 Å². The number of hydrogen-bond donors (Lipinski definition) is 0. The van der Waals surface area contributed by atoms with Crippen LogP contribution in [0.4, 0.5) is 0 Å². The molecule has 1 aromatic rings. The Kier molecular flexibility index (Phi) is 3.47. The van der Waals surface area contributed by atoms with Gasteiger partial charge < -0.3 is 4.74 Å². The molecule has 1 heterocycles. The fourth-order valence-electron chi connectivity index (χ4n) is 0.772. The predicted octanol–water partition coefficient (Wildman–Crippen LogP) is 0.458. The number of aromatic nitrogens is 1. The quantitative estimate of drug-likeness (QED) is 0.314. The van der Waals surface area contributed by atoms with Crippen LogP contribution in [0.5, 0.6) is 0 Å². The molecule has 1 rings (SSSR count). The van der Waals surface area contributed by atoms with Gasteiger partial charge in [0.1, 0.15) is 0 Å². The summed E-state index contributed by atoms with van der Waals surface area (Å²) in [5.74, 6) is -2.25. The topological polar surface area (TPSA) is 73.3 Å². The average molecular weight is 213 g/mol. The molecule has 0 amide bonds. The highest BCUT2D eigenvalue weighted by atomic mass is 32.1. The molecule has 0 spiro atoms. The van der Waals surface area contributed by atoms with Crippen LogP contribution in [0, 0.1) is 0 Å². The molecule has 0 unspecified atom stereocenters. The van der Waals surface area contributed by atoms with Gasteiger partial charge in [0.05, 0.1) is 23.9 Å². The Morgan fingerprint density at radius 2 is 2.21 bits per heavy atom. The van der Waals surface area contributed by atoms with Gasteiger partial charge in [-0.15, -0.1) is 11.3 Å². The van der Waals surface area contributed by atoms with Crippen molar-refractivity contribution in [3.8, 4) is 0 Å². The Hall–Kier alpha value is -1.56. The lowest BCUT2D eigenvalue weighted by Crippen LogP contribution is -2.18. The van der Waals surface area contributed by atoms with Crippen LogP contribution in [0.15, 0.2) is 11.7 Å². The van der Waals surface area contributed by atoms with Gasteiger partial charge in [0.25, 0.3) is 0 Å². The van der Waals surface area contributed by atoms with Crippen LogP contribution in [-0.2, 0) is 14.3 Å². The van der Waals surface area contributed by atoms with Crippen LogP contribution in [0.25, 0.3) is 0 Å². The number of hydrogen-bond acceptors (Lipinski definition) is 6. The van der Waals surface area contributed by atoms with Crippen molar-refractivity contribution in [3.05, 3.63) is 16.6 Å². The van der Waals surface area contributed by atoms with Crippen molar-refractivity contribution in [2.45, 2.75) is 6.42 Å². The van der Waals surface area contributed by atoms with Crippen molar-refractivity contribution >= 4 is 28.9 Å². The average Bonchev–Trinajstić information content (AvgIpc) is 2.69. The molecule has 5 nitrogen and oxygen atoms in total. The molecule has 0 saturated carbocycles. The highest BCUT2D eigenvalue weighted by molar-refractivity contribution is 7.11. The third kappa shape index (κ3) is 2.46. The van der Waals surface area contributed by atoms with Gasteiger partial charge in [0.2, 0.25) is 5.78 Å². The fraction of sp³-hybridized carbons (Fsp3) is 0.250. The molecule has 0 atom stereocenters. The van der Waals surface area contributed by atoms with Crippen molar-refractivity contribution in [1.29, 1.82) is 0 Å². The Bertz CT molecular complexity index is 357. The molecular formula is C8H7NO4S. The van der Waals surface area contributed by atoms with Gasteiger partial charge in [0, 0.05) is 6.20 Å². The molecule has 0 radical (unpaired) electrons. The van der Waals surface area contributed by atoms with Gasteiger partial charge in [-0.2, -0.15) is 0 Å². The molecule has 0 aromatic carbocycles. The van der Waals surface area contributed by atoms with Crippen molar-refractivity contribution in [1.82, 2.24) is 4.98 Å². The molecule has 0 N–H and O–H groups in total. The van der Waals surface area contributed by atoms with Crippen molar-refractivity contribution in [2.24, 2.45) is 0 Å². The van der Waals surface area contributed by atoms with E-state index in [-0.39, 0.29) is 0 Å². The van der Waals surface area contributed by atoms with Gasteiger partial charge in [-0.1, -0.05) is 0 Å². The Morgan fingerprint density at radius 3 is 2.71 bits per heavy atom. The van der Waals surface area contributed by atoms with Gasteiger partial charge >= 0.3 is 5.97 Å². The normalized spacial score (nSPS) is 9.50. The molecule has 74 valence electrons. The number of rotatable bonds is 4. The van der Waals surface area contributed by atoms with Gasteiger partial charge in [0.15, 0.2) is 5.78 Å². The Labute approximate surface area is 83.7 Å². The molecular weight excluding hydrogens is 206 g/mol. The third-order valence-electron chi connectivity index (χ3n) is 1.44. The van der Waals surface area contributed by atoms with E-state index in [1.807, 2.05) is 0 Å². The van der Waals surface area contributed by atoms with Crippen LogP contribution in [-0.4, -0.2) is 29.6 Å². The van der Waals surface area contributed by atoms with Crippen LogP contribution in [0.2, 0.25) is 0 Å². The molecule has 0 fully saturated rings. The zero-order chi connectivity index (χ0) is 10.6. The Morgan fingerprint density at radius 1 is 1.50 bits per heavy atom. The minimum Gasteiger partial charge on any atom is -0.463 e. The summed E-state index contributed by atoms with van der Waals surface area (Å²) in [4.78, 5) is 37.0. The zero-order valence-corrected chi connectivity index (χ0v) is 8.17. The number of carbonyl (C=O) groups excluding carboxylic acids is 3. The van der Waals surface area contributed by atoms with Crippen molar-refractivity contribution in [2.75, 3.05) is 7.11 Å². The first-order valence-electron chi connectivity index (χ1n) is 3.68. The molecule has 0 aliphatic carbocycles. The molecule has 0 saturated heterocycles. The highest BCUT2D eigenvalue weighted by Gasteiger charge is 2.19. The zero-order valence-electron chi connectivity index (χ0n) is 7.35. The molecule has 0 aliphatic rings. The van der Waals surface area contributed by atoms with E-state index in [0.29, 0.717) is 4.88 Å². The lowest BCUT2D eigenvalue weighted by atomic mass is 10.2. The predicted molar refractivity (Wildman–Crippen MR) is 48.1 cm³/mol. The number of esters is 1. The van der Waals surface area contributed by atoms with Crippen molar-refractivity contribution < 1.29 is 19.1 Å². The van der Waals surface area contributed by atoms with Gasteiger partial charge in [-0.05, 0) is 0 Å². The summed E-state index contributed by atoms with van der Waals surface area (Å²) in [6.45, 7) is 0. The van der Waals surface area contributed by atoms with E-state index in [2.05, 4.69) is 9.72 Å². The molecule has 0 aliphatic heterocycles. The summed E-state index contributed by atoms with van der Waals surface area (Å²) in [6.07, 6.45) is 0.895. The van der Waals surface area contributed by atoms with Gasteiger partial charge in [-0.25, -0.2) is 4.79 Å². The molecule has 0 bridgehead atoms. The first-order valence-corrected chi connectivity index (χ1v) is 4.56. The summed E-state index contributed by atoms with van der Waals surface area (Å²) in [6, 6.07) is 0. The standard InChI is InChI=1S/C8H7NO4S/c1-13-8(12)6(11)2-5(10)7-3-9-4-14-7/h3-4H,2H2,1H3. The minimum absolute atomic E-state index is 0.363. The summed E-state index contributed by atoms with van der Waals surface area (Å²) in [7, 11) is 1.09. The highest BCUT2D eigenvalue weighted by Crippen LogP contribution is 2.08. The monoisotopic (exact) mass is 213 g/mol. The van der Waals surface area contributed by atoms with E-state index in [1.165, 1.54) is 11.7 Å². The van der Waals surface area contributed by atoms with E-state index in [1.54, 1.807) is 0 Å². The van der Waals surface area contributed by atoms with E-state index >= 15 is 0 Å². The molecule has 6 heteroatoms. The van der Waals surface area contributed by atoms with Crippen LogP contribution >= 0.6 is 11.3 Å². The molecule has 1 aromatic heterocycles. The fourth-order valence-corrected chi connectivity index (χ4v) is 1.33. The number of thiazole rings is 1. The largest absolute Gasteiger partial charge is 0.463 e. The number of ketones is 2. The van der Waals surface area contributed by atoms with Crippen LogP contribution < -0.4 is 0 Å². The van der Waals surface area contributed by atoms with E-state index in [9.17, 15) is 14.4 Å². The lowest BCUT2D eigenvalue weighted by Gasteiger charge is -1.95. The van der Waals surface area contributed by atoms with Crippen molar-refractivity contribution in [3.63, 3.8) is 0 Å².